The number of benzene rings is 1. The Bertz CT molecular complexity index is 414. The third-order valence-corrected chi connectivity index (χ3v) is 2.76. The largest absolute Gasteiger partial charge is 0.466 e. The predicted molar refractivity (Wildman–Crippen MR) is 69.9 cm³/mol. The summed E-state index contributed by atoms with van der Waals surface area (Å²) >= 11 is 3.34. The first kappa shape index (κ1) is 14.7. The van der Waals surface area contributed by atoms with Gasteiger partial charge < -0.3 is 9.47 Å². The van der Waals surface area contributed by atoms with Crippen LogP contribution in [0.4, 0.5) is 0 Å². The predicted octanol–water partition coefficient (Wildman–Crippen LogP) is 3.01. The van der Waals surface area contributed by atoms with Crippen LogP contribution in [-0.4, -0.2) is 18.5 Å². The molecule has 0 amide bonds. The highest BCUT2D eigenvalue weighted by molar-refractivity contribution is 9.10. The van der Waals surface area contributed by atoms with E-state index in [9.17, 15) is 9.59 Å². The fourth-order valence-corrected chi connectivity index (χ4v) is 1.75. The second-order valence-electron chi connectivity index (χ2n) is 3.78. The highest BCUT2D eigenvalue weighted by Gasteiger charge is 2.15. The average Bonchev–Trinajstić information content (AvgIpc) is 2.28. The second-order valence-corrected chi connectivity index (χ2v) is 4.69. The monoisotopic (exact) mass is 314 g/mol. The zero-order chi connectivity index (χ0) is 13.5. The van der Waals surface area contributed by atoms with Crippen molar-refractivity contribution in [1.29, 1.82) is 0 Å². The summed E-state index contributed by atoms with van der Waals surface area (Å²) in [7, 11) is 0. The van der Waals surface area contributed by atoms with E-state index in [-0.39, 0.29) is 18.5 Å². The SMILES string of the molecule is CC(=O)OCCC(OC(C)=O)c1ccc(Br)cc1. The van der Waals surface area contributed by atoms with Gasteiger partial charge in [-0.3, -0.25) is 9.59 Å². The molecule has 0 fully saturated rings. The van der Waals surface area contributed by atoms with Crippen LogP contribution in [0.3, 0.4) is 0 Å². The maximum absolute atomic E-state index is 11.1. The molecule has 18 heavy (non-hydrogen) atoms. The van der Waals surface area contributed by atoms with Gasteiger partial charge in [-0.2, -0.15) is 0 Å². The lowest BCUT2D eigenvalue weighted by molar-refractivity contribution is -0.149. The van der Waals surface area contributed by atoms with Crippen molar-refractivity contribution in [3.63, 3.8) is 0 Å². The van der Waals surface area contributed by atoms with Crippen LogP contribution in [0.15, 0.2) is 28.7 Å². The number of esters is 2. The zero-order valence-electron chi connectivity index (χ0n) is 10.3. The minimum atomic E-state index is -0.394. The van der Waals surface area contributed by atoms with Crippen molar-refractivity contribution < 1.29 is 19.1 Å². The third-order valence-electron chi connectivity index (χ3n) is 2.24. The molecule has 1 rings (SSSR count). The normalized spacial score (nSPS) is 11.7. The molecule has 0 spiro atoms. The number of carbonyl (C=O) groups excluding carboxylic acids is 2. The van der Waals surface area contributed by atoms with Gasteiger partial charge in [-0.15, -0.1) is 0 Å². The molecule has 98 valence electrons. The summed E-state index contributed by atoms with van der Waals surface area (Å²) in [4.78, 5) is 21.7. The Hall–Kier alpha value is -1.36. The van der Waals surface area contributed by atoms with Crippen molar-refractivity contribution in [3.8, 4) is 0 Å². The van der Waals surface area contributed by atoms with Crippen LogP contribution in [0, 0.1) is 0 Å². The lowest BCUT2D eigenvalue weighted by Gasteiger charge is -2.17. The van der Waals surface area contributed by atoms with E-state index in [0.29, 0.717) is 6.42 Å². The van der Waals surface area contributed by atoms with Crippen molar-refractivity contribution in [2.24, 2.45) is 0 Å². The van der Waals surface area contributed by atoms with Crippen LogP contribution >= 0.6 is 15.9 Å². The number of ether oxygens (including phenoxy) is 2. The van der Waals surface area contributed by atoms with Crippen LogP contribution in [0.2, 0.25) is 0 Å². The summed E-state index contributed by atoms with van der Waals surface area (Å²) in [6.07, 6.45) is 0.0517. The molecule has 0 aliphatic rings. The summed E-state index contributed by atoms with van der Waals surface area (Å²) in [5.74, 6) is -0.696. The van der Waals surface area contributed by atoms with Crippen LogP contribution in [0.1, 0.15) is 31.9 Å². The zero-order valence-corrected chi connectivity index (χ0v) is 11.9. The standard InChI is InChI=1S/C13H15BrO4/c1-9(15)17-8-7-13(18-10(2)16)11-3-5-12(14)6-4-11/h3-6,13H,7-8H2,1-2H3. The maximum atomic E-state index is 11.1. The molecule has 0 bridgehead atoms. The van der Waals surface area contributed by atoms with Crippen molar-refractivity contribution in [2.45, 2.75) is 26.4 Å². The lowest BCUT2D eigenvalue weighted by atomic mass is 10.1. The molecule has 4 nitrogen and oxygen atoms in total. The minimum Gasteiger partial charge on any atom is -0.466 e. The smallest absolute Gasteiger partial charge is 0.303 e. The topological polar surface area (TPSA) is 52.6 Å². The number of rotatable bonds is 5. The molecule has 1 unspecified atom stereocenters. The van der Waals surface area contributed by atoms with Gasteiger partial charge in [0.2, 0.25) is 0 Å². The fraction of sp³-hybridized carbons (Fsp3) is 0.385. The first-order valence-corrected chi connectivity index (χ1v) is 6.34. The van der Waals surface area contributed by atoms with E-state index in [2.05, 4.69) is 15.9 Å². The van der Waals surface area contributed by atoms with E-state index in [1.165, 1.54) is 13.8 Å². The summed E-state index contributed by atoms with van der Waals surface area (Å²) in [6, 6.07) is 7.48. The molecule has 0 aliphatic carbocycles. The van der Waals surface area contributed by atoms with Gasteiger partial charge in [0.25, 0.3) is 0 Å². The first-order chi connectivity index (χ1) is 8.49. The van der Waals surface area contributed by atoms with Crippen LogP contribution in [-0.2, 0) is 19.1 Å². The van der Waals surface area contributed by atoms with Gasteiger partial charge in [-0.1, -0.05) is 28.1 Å². The number of hydrogen-bond donors (Lipinski definition) is 0. The molecule has 0 N–H and O–H groups in total. The van der Waals surface area contributed by atoms with Gasteiger partial charge in [0.1, 0.15) is 6.10 Å². The number of halogens is 1. The van der Waals surface area contributed by atoms with Crippen LogP contribution in [0.25, 0.3) is 0 Å². The highest BCUT2D eigenvalue weighted by Crippen LogP contribution is 2.23. The van der Waals surface area contributed by atoms with Gasteiger partial charge in [0.15, 0.2) is 0 Å². The van der Waals surface area contributed by atoms with Crippen molar-refractivity contribution in [1.82, 2.24) is 0 Å². The summed E-state index contributed by atoms with van der Waals surface area (Å²) < 4.78 is 11.0. The van der Waals surface area contributed by atoms with E-state index < -0.39 is 6.10 Å². The molecule has 0 aliphatic heterocycles. The van der Waals surface area contributed by atoms with Crippen molar-refractivity contribution in [3.05, 3.63) is 34.3 Å². The van der Waals surface area contributed by atoms with Crippen LogP contribution in [0.5, 0.6) is 0 Å². The van der Waals surface area contributed by atoms with E-state index in [0.717, 1.165) is 10.0 Å². The molecule has 1 aromatic carbocycles. The quantitative estimate of drug-likeness (QED) is 0.784. The molecule has 0 saturated heterocycles. The van der Waals surface area contributed by atoms with Crippen molar-refractivity contribution in [2.75, 3.05) is 6.61 Å². The minimum absolute atomic E-state index is 0.226. The van der Waals surface area contributed by atoms with E-state index in [4.69, 9.17) is 9.47 Å². The molecule has 0 saturated carbocycles. The van der Waals surface area contributed by atoms with E-state index in [1.54, 1.807) is 0 Å². The molecular formula is C13H15BrO4. The molecular weight excluding hydrogens is 300 g/mol. The molecule has 1 atom stereocenters. The number of carbonyl (C=O) groups is 2. The molecule has 5 heteroatoms. The Morgan fingerprint density at radius 3 is 2.28 bits per heavy atom. The third kappa shape index (κ3) is 5.31. The van der Waals surface area contributed by atoms with Crippen LogP contribution < -0.4 is 0 Å². The van der Waals surface area contributed by atoms with E-state index >= 15 is 0 Å². The average molecular weight is 315 g/mol. The second kappa shape index (κ2) is 7.16. The first-order valence-electron chi connectivity index (χ1n) is 5.55. The molecule has 0 aromatic heterocycles. The lowest BCUT2D eigenvalue weighted by Crippen LogP contribution is -2.12. The van der Waals surface area contributed by atoms with E-state index in [1.807, 2.05) is 24.3 Å². The summed E-state index contributed by atoms with van der Waals surface area (Å²) in [5.41, 5.74) is 0.876. The maximum Gasteiger partial charge on any atom is 0.303 e. The Balaban J connectivity index is 2.68. The Morgan fingerprint density at radius 1 is 1.17 bits per heavy atom. The van der Waals surface area contributed by atoms with Gasteiger partial charge in [0.05, 0.1) is 6.61 Å². The summed E-state index contributed by atoms with van der Waals surface area (Å²) in [5, 5.41) is 0. The van der Waals surface area contributed by atoms with Gasteiger partial charge in [-0.25, -0.2) is 0 Å². The molecule has 0 radical (unpaired) electrons. The Morgan fingerprint density at radius 2 is 1.78 bits per heavy atom. The molecule has 1 aromatic rings. The Labute approximate surface area is 114 Å². The Kier molecular flexibility index (Phi) is 5.85. The number of hydrogen-bond acceptors (Lipinski definition) is 4. The molecule has 0 heterocycles. The van der Waals surface area contributed by atoms with Gasteiger partial charge >= 0.3 is 11.9 Å². The van der Waals surface area contributed by atoms with Crippen molar-refractivity contribution >= 4 is 27.9 Å². The summed E-state index contributed by atoms with van der Waals surface area (Å²) in [6.45, 7) is 2.93. The fourth-order valence-electron chi connectivity index (χ4n) is 1.48. The van der Waals surface area contributed by atoms with Gasteiger partial charge in [0, 0.05) is 24.7 Å². The highest BCUT2D eigenvalue weighted by atomic mass is 79.9. The van der Waals surface area contributed by atoms with Gasteiger partial charge in [-0.05, 0) is 17.7 Å².